The Labute approximate surface area is 117 Å². The van der Waals surface area contributed by atoms with Crippen LogP contribution in [0.15, 0.2) is 59.8 Å². The zero-order valence-corrected chi connectivity index (χ0v) is 11.1. The lowest BCUT2D eigenvalue weighted by Gasteiger charge is -2.06. The molecule has 0 unspecified atom stereocenters. The molecule has 1 aliphatic carbocycles. The maximum absolute atomic E-state index is 13.0. The number of hydrogen-bond acceptors (Lipinski definition) is 2. The fraction of sp³-hybridized carbons (Fsp3) is 0.235. The molecule has 20 heavy (non-hydrogen) atoms. The van der Waals surface area contributed by atoms with Crippen LogP contribution in [-0.2, 0) is 11.4 Å². The van der Waals surface area contributed by atoms with E-state index in [1.807, 2.05) is 30.3 Å². The van der Waals surface area contributed by atoms with Crippen molar-refractivity contribution in [3.8, 4) is 0 Å². The average molecular weight is 269 g/mol. The van der Waals surface area contributed by atoms with E-state index in [0.29, 0.717) is 12.5 Å². The molecule has 3 heteroatoms. The van der Waals surface area contributed by atoms with E-state index < -0.39 is 0 Å². The van der Waals surface area contributed by atoms with E-state index in [-0.39, 0.29) is 5.82 Å². The predicted molar refractivity (Wildman–Crippen MR) is 76.9 cm³/mol. The van der Waals surface area contributed by atoms with Crippen LogP contribution in [0.5, 0.6) is 0 Å². The molecule has 0 saturated heterocycles. The van der Waals surface area contributed by atoms with Crippen LogP contribution in [0, 0.1) is 11.7 Å². The molecule has 0 aliphatic heterocycles. The molecule has 1 fully saturated rings. The normalized spacial score (nSPS) is 15.2. The summed E-state index contributed by atoms with van der Waals surface area (Å²) in [5.41, 5.74) is 2.97. The number of nitrogens with zero attached hydrogens (tertiary/aromatic N) is 1. The third kappa shape index (κ3) is 3.23. The van der Waals surface area contributed by atoms with E-state index in [1.54, 1.807) is 12.1 Å². The van der Waals surface area contributed by atoms with Gasteiger partial charge in [0.15, 0.2) is 0 Å². The van der Waals surface area contributed by atoms with E-state index in [2.05, 4.69) is 5.16 Å². The van der Waals surface area contributed by atoms with Crippen molar-refractivity contribution in [3.63, 3.8) is 0 Å². The third-order valence-electron chi connectivity index (χ3n) is 3.34. The van der Waals surface area contributed by atoms with Gasteiger partial charge in [-0.2, -0.15) is 0 Å². The molecule has 0 atom stereocenters. The van der Waals surface area contributed by atoms with E-state index in [9.17, 15) is 4.39 Å². The molecule has 3 rings (SSSR count). The second kappa shape index (κ2) is 5.87. The van der Waals surface area contributed by atoms with Crippen LogP contribution in [0.2, 0.25) is 0 Å². The van der Waals surface area contributed by atoms with Gasteiger partial charge < -0.3 is 4.84 Å². The maximum atomic E-state index is 13.0. The van der Waals surface area contributed by atoms with Crippen LogP contribution in [0.3, 0.4) is 0 Å². The summed E-state index contributed by atoms with van der Waals surface area (Å²) in [6.45, 7) is 0.457. The van der Waals surface area contributed by atoms with E-state index in [4.69, 9.17) is 4.84 Å². The quantitative estimate of drug-likeness (QED) is 0.590. The van der Waals surface area contributed by atoms with E-state index >= 15 is 0 Å². The summed E-state index contributed by atoms with van der Waals surface area (Å²) in [5, 5.41) is 4.28. The lowest BCUT2D eigenvalue weighted by Crippen LogP contribution is -2.05. The van der Waals surface area contributed by atoms with E-state index in [0.717, 1.165) is 29.7 Å². The van der Waals surface area contributed by atoms with Crippen LogP contribution < -0.4 is 0 Å². The van der Waals surface area contributed by atoms with Gasteiger partial charge in [-0.1, -0.05) is 47.6 Å². The summed E-state index contributed by atoms with van der Waals surface area (Å²) in [6.07, 6.45) is 2.26. The van der Waals surface area contributed by atoms with Gasteiger partial charge >= 0.3 is 0 Å². The zero-order chi connectivity index (χ0) is 13.8. The molecule has 1 saturated carbocycles. The molecule has 0 N–H and O–H groups in total. The summed E-state index contributed by atoms with van der Waals surface area (Å²) in [5.74, 6) is 0.227. The molecule has 2 nitrogen and oxygen atoms in total. The van der Waals surface area contributed by atoms with Crippen LogP contribution in [0.4, 0.5) is 4.39 Å². The number of oxime groups is 1. The number of hydrogen-bond donors (Lipinski definition) is 0. The molecule has 0 heterocycles. The largest absolute Gasteiger partial charge is 0.391 e. The minimum atomic E-state index is -0.228. The Kier molecular flexibility index (Phi) is 3.77. The number of rotatable bonds is 5. The van der Waals surface area contributed by atoms with Crippen molar-refractivity contribution < 1.29 is 9.23 Å². The Hall–Kier alpha value is -2.16. The fourth-order valence-electron chi connectivity index (χ4n) is 2.09. The molecule has 1 aliphatic rings. The van der Waals surface area contributed by atoms with Gasteiger partial charge in [0.1, 0.15) is 12.4 Å². The first-order valence-electron chi connectivity index (χ1n) is 6.82. The van der Waals surface area contributed by atoms with Crippen molar-refractivity contribution in [1.29, 1.82) is 0 Å². The van der Waals surface area contributed by atoms with Gasteiger partial charge in [0, 0.05) is 5.92 Å². The third-order valence-corrected chi connectivity index (χ3v) is 3.34. The van der Waals surface area contributed by atoms with Crippen molar-refractivity contribution in [2.75, 3.05) is 0 Å². The first-order chi connectivity index (χ1) is 9.83. The molecular formula is C17H16FNO. The molecule has 0 aromatic heterocycles. The predicted octanol–water partition coefficient (Wildman–Crippen LogP) is 4.16. The Balaban J connectivity index is 1.70. The van der Waals surface area contributed by atoms with Crippen LogP contribution in [0.25, 0.3) is 0 Å². The summed E-state index contributed by atoms with van der Waals surface area (Å²) in [6, 6.07) is 16.4. The first kappa shape index (κ1) is 12.9. The van der Waals surface area contributed by atoms with Crippen LogP contribution >= 0.6 is 0 Å². The number of halogens is 1. The van der Waals surface area contributed by atoms with Crippen molar-refractivity contribution in [3.05, 3.63) is 71.5 Å². The summed E-state index contributed by atoms with van der Waals surface area (Å²) in [7, 11) is 0. The highest BCUT2D eigenvalue weighted by Crippen LogP contribution is 2.33. The van der Waals surface area contributed by atoms with Crippen molar-refractivity contribution >= 4 is 5.71 Å². The van der Waals surface area contributed by atoms with Crippen molar-refractivity contribution in [2.45, 2.75) is 19.4 Å². The Morgan fingerprint density at radius 2 is 1.75 bits per heavy atom. The van der Waals surface area contributed by atoms with Crippen LogP contribution in [0.1, 0.15) is 24.0 Å². The Morgan fingerprint density at radius 1 is 1.05 bits per heavy atom. The smallest absolute Gasteiger partial charge is 0.142 e. The second-order valence-electron chi connectivity index (χ2n) is 5.02. The SMILES string of the molecule is Fc1ccc(C(=NOCc2ccccc2)C2CC2)cc1. The van der Waals surface area contributed by atoms with Gasteiger partial charge in [0.05, 0.1) is 5.71 Å². The highest BCUT2D eigenvalue weighted by Gasteiger charge is 2.29. The summed E-state index contributed by atoms with van der Waals surface area (Å²) in [4.78, 5) is 5.46. The lowest BCUT2D eigenvalue weighted by molar-refractivity contribution is 0.130. The minimum absolute atomic E-state index is 0.228. The molecule has 2 aromatic rings. The van der Waals surface area contributed by atoms with Crippen molar-refractivity contribution in [1.82, 2.24) is 0 Å². The maximum Gasteiger partial charge on any atom is 0.142 e. The highest BCUT2D eigenvalue weighted by atomic mass is 19.1. The molecule has 0 spiro atoms. The topological polar surface area (TPSA) is 21.6 Å². The zero-order valence-electron chi connectivity index (χ0n) is 11.1. The van der Waals surface area contributed by atoms with Gasteiger partial charge in [-0.05, 0) is 36.1 Å². The average Bonchev–Trinajstić information content (AvgIpc) is 3.31. The van der Waals surface area contributed by atoms with Crippen LogP contribution in [-0.4, -0.2) is 5.71 Å². The lowest BCUT2D eigenvalue weighted by atomic mass is 10.1. The monoisotopic (exact) mass is 269 g/mol. The highest BCUT2D eigenvalue weighted by molar-refractivity contribution is 6.03. The van der Waals surface area contributed by atoms with Gasteiger partial charge in [-0.25, -0.2) is 4.39 Å². The molecule has 2 aromatic carbocycles. The Bertz CT molecular complexity index is 588. The van der Waals surface area contributed by atoms with Gasteiger partial charge in [0.25, 0.3) is 0 Å². The Morgan fingerprint density at radius 3 is 2.40 bits per heavy atom. The van der Waals surface area contributed by atoms with Gasteiger partial charge in [0.2, 0.25) is 0 Å². The first-order valence-corrected chi connectivity index (χ1v) is 6.82. The standard InChI is InChI=1S/C17H16FNO/c18-16-10-8-15(9-11-16)17(14-6-7-14)19-20-12-13-4-2-1-3-5-13/h1-5,8-11,14H,6-7,12H2. The molecular weight excluding hydrogens is 253 g/mol. The molecule has 0 amide bonds. The molecule has 102 valence electrons. The van der Waals surface area contributed by atoms with Gasteiger partial charge in [-0.3, -0.25) is 0 Å². The summed E-state index contributed by atoms with van der Waals surface area (Å²) >= 11 is 0. The minimum Gasteiger partial charge on any atom is -0.391 e. The van der Waals surface area contributed by atoms with E-state index in [1.165, 1.54) is 12.1 Å². The van der Waals surface area contributed by atoms with Gasteiger partial charge in [-0.15, -0.1) is 0 Å². The second-order valence-corrected chi connectivity index (χ2v) is 5.02. The fourth-order valence-corrected chi connectivity index (χ4v) is 2.09. The molecule has 0 radical (unpaired) electrons. The number of benzene rings is 2. The molecule has 0 bridgehead atoms. The summed E-state index contributed by atoms with van der Waals surface area (Å²) < 4.78 is 13.0. The van der Waals surface area contributed by atoms with Crippen molar-refractivity contribution in [2.24, 2.45) is 11.1 Å².